The molecule has 1 N–H and O–H groups in total. The lowest BCUT2D eigenvalue weighted by atomic mass is 10.1. The van der Waals surface area contributed by atoms with Crippen molar-refractivity contribution in [2.24, 2.45) is 0 Å². The summed E-state index contributed by atoms with van der Waals surface area (Å²) in [6.07, 6.45) is 4.12. The zero-order chi connectivity index (χ0) is 21.4. The van der Waals surface area contributed by atoms with Crippen molar-refractivity contribution in [2.45, 2.75) is 53.6 Å². The van der Waals surface area contributed by atoms with Crippen molar-refractivity contribution in [3.63, 3.8) is 0 Å². The van der Waals surface area contributed by atoms with Gasteiger partial charge in [0.25, 0.3) is 0 Å². The molecule has 7 nitrogen and oxygen atoms in total. The Hall–Kier alpha value is -2.12. The van der Waals surface area contributed by atoms with E-state index in [1.54, 1.807) is 13.0 Å². The first-order valence-electron chi connectivity index (χ1n) is 10.5. The molecule has 0 aromatic carbocycles. The van der Waals surface area contributed by atoms with E-state index in [1.165, 1.54) is 6.08 Å². The van der Waals surface area contributed by atoms with Crippen molar-refractivity contribution in [2.75, 3.05) is 39.5 Å². The molecule has 0 spiro atoms. The number of morpholine rings is 1. The molecule has 1 aromatic rings. The summed E-state index contributed by atoms with van der Waals surface area (Å²) < 4.78 is 12.6. The number of aromatic nitrogens is 1. The van der Waals surface area contributed by atoms with Gasteiger partial charge in [-0.05, 0) is 47.1 Å². The molecule has 1 atom stereocenters. The number of hydrogen-bond donors (Lipinski definition) is 1. The molecule has 1 fully saturated rings. The summed E-state index contributed by atoms with van der Waals surface area (Å²) in [5, 5.41) is 3.01. The Morgan fingerprint density at radius 1 is 1.21 bits per heavy atom. The summed E-state index contributed by atoms with van der Waals surface area (Å²) in [4.78, 5) is 27.2. The maximum atomic E-state index is 12.4. The van der Waals surface area contributed by atoms with E-state index in [0.717, 1.165) is 62.8 Å². The molecule has 2 heterocycles. The molecular weight excluding hydrogens is 370 g/mol. The van der Waals surface area contributed by atoms with Gasteiger partial charge in [-0.25, -0.2) is 4.79 Å². The molecule has 1 aliphatic rings. The number of nitrogens with one attached hydrogen (secondary N) is 1. The molecule has 1 amide bonds. The van der Waals surface area contributed by atoms with E-state index in [9.17, 15) is 9.59 Å². The number of carbonyl (C=O) groups is 2. The maximum absolute atomic E-state index is 12.4. The van der Waals surface area contributed by atoms with Crippen LogP contribution >= 0.6 is 0 Å². The molecule has 1 aromatic heterocycles. The molecule has 0 aliphatic carbocycles. The summed E-state index contributed by atoms with van der Waals surface area (Å²) in [5.41, 5.74) is 3.11. The molecule has 1 aliphatic heterocycles. The minimum Gasteiger partial charge on any atom is -0.462 e. The number of esters is 1. The predicted molar refractivity (Wildman–Crippen MR) is 114 cm³/mol. The highest BCUT2D eigenvalue weighted by atomic mass is 16.5. The van der Waals surface area contributed by atoms with Crippen LogP contribution in [0.5, 0.6) is 0 Å². The third-order valence-electron chi connectivity index (χ3n) is 5.40. The Labute approximate surface area is 174 Å². The smallest absolute Gasteiger partial charge is 0.340 e. The highest BCUT2D eigenvalue weighted by molar-refractivity contribution is 5.98. The molecular formula is C22H35N3O4. The number of hydrogen-bond acceptors (Lipinski definition) is 5. The first kappa shape index (κ1) is 23.2. The predicted octanol–water partition coefficient (Wildman–Crippen LogP) is 2.54. The van der Waals surface area contributed by atoms with Crippen molar-refractivity contribution in [3.8, 4) is 0 Å². The second-order valence-electron chi connectivity index (χ2n) is 7.41. The van der Waals surface area contributed by atoms with Crippen LogP contribution in [0.4, 0.5) is 0 Å². The second-order valence-corrected chi connectivity index (χ2v) is 7.41. The first-order chi connectivity index (χ1) is 13.9. The summed E-state index contributed by atoms with van der Waals surface area (Å²) >= 11 is 0. The van der Waals surface area contributed by atoms with Gasteiger partial charge in [0.2, 0.25) is 5.91 Å². The van der Waals surface area contributed by atoms with Crippen LogP contribution in [0.3, 0.4) is 0 Å². The molecule has 0 radical (unpaired) electrons. The Morgan fingerprint density at radius 3 is 2.52 bits per heavy atom. The molecule has 1 unspecified atom stereocenters. The van der Waals surface area contributed by atoms with Crippen molar-refractivity contribution in [1.29, 1.82) is 0 Å². The summed E-state index contributed by atoms with van der Waals surface area (Å²) in [7, 11) is 0. The largest absolute Gasteiger partial charge is 0.462 e. The number of ether oxygens (including phenoxy) is 2. The number of nitrogens with zero attached hydrogens (tertiary/aromatic N) is 2. The first-order valence-corrected chi connectivity index (χ1v) is 10.5. The van der Waals surface area contributed by atoms with Crippen LogP contribution in [0.25, 0.3) is 6.08 Å². The van der Waals surface area contributed by atoms with Gasteiger partial charge in [0.05, 0.1) is 25.4 Å². The van der Waals surface area contributed by atoms with Crippen molar-refractivity contribution in [3.05, 3.63) is 28.6 Å². The third-order valence-corrected chi connectivity index (χ3v) is 5.40. The minimum absolute atomic E-state index is 0.0718. The van der Waals surface area contributed by atoms with Gasteiger partial charge >= 0.3 is 5.97 Å². The van der Waals surface area contributed by atoms with E-state index < -0.39 is 0 Å². The lowest BCUT2D eigenvalue weighted by Gasteiger charge is -2.27. The standard InChI is InChI=1S/C22H35N3O4/c1-6-25-17(4)19(21(18(25)5)22(27)29-7-2)8-9-20(26)23-16(3)10-11-24-12-14-28-15-13-24/h8-9,16H,6-7,10-15H2,1-5H3,(H,23,26). The molecule has 0 bridgehead atoms. The van der Waals surface area contributed by atoms with Crippen LogP contribution < -0.4 is 5.32 Å². The van der Waals surface area contributed by atoms with Gasteiger partial charge in [0, 0.05) is 55.2 Å². The molecule has 2 rings (SSSR count). The molecule has 162 valence electrons. The normalized spacial score (nSPS) is 16.2. The Kier molecular flexibility index (Phi) is 8.92. The summed E-state index contributed by atoms with van der Waals surface area (Å²) in [6.45, 7) is 15.2. The van der Waals surface area contributed by atoms with Gasteiger partial charge in [0.1, 0.15) is 0 Å². The maximum Gasteiger partial charge on any atom is 0.340 e. The van der Waals surface area contributed by atoms with E-state index in [4.69, 9.17) is 9.47 Å². The van der Waals surface area contributed by atoms with Gasteiger partial charge in [0.15, 0.2) is 0 Å². The fraction of sp³-hybridized carbons (Fsp3) is 0.636. The topological polar surface area (TPSA) is 72.8 Å². The average molecular weight is 406 g/mol. The summed E-state index contributed by atoms with van der Waals surface area (Å²) in [6, 6.07) is 0.0718. The molecule has 7 heteroatoms. The molecule has 0 saturated carbocycles. The Bertz CT molecular complexity index is 733. The lowest BCUT2D eigenvalue weighted by molar-refractivity contribution is -0.117. The Balaban J connectivity index is 2.02. The zero-order valence-corrected chi connectivity index (χ0v) is 18.4. The monoisotopic (exact) mass is 405 g/mol. The third kappa shape index (κ3) is 6.18. The van der Waals surface area contributed by atoms with E-state index in [2.05, 4.69) is 14.8 Å². The van der Waals surface area contributed by atoms with Crippen molar-refractivity contribution in [1.82, 2.24) is 14.8 Å². The number of rotatable bonds is 9. The molecule has 29 heavy (non-hydrogen) atoms. The number of amides is 1. The van der Waals surface area contributed by atoms with E-state index >= 15 is 0 Å². The summed E-state index contributed by atoms with van der Waals surface area (Å²) in [5.74, 6) is -0.505. The number of carbonyl (C=O) groups excluding carboxylic acids is 2. The van der Waals surface area contributed by atoms with Gasteiger partial charge in [-0.2, -0.15) is 0 Å². The van der Waals surface area contributed by atoms with Crippen molar-refractivity contribution < 1.29 is 19.1 Å². The fourth-order valence-corrected chi connectivity index (χ4v) is 3.77. The average Bonchev–Trinajstić information content (AvgIpc) is 2.94. The fourth-order valence-electron chi connectivity index (χ4n) is 3.77. The van der Waals surface area contributed by atoms with E-state index in [1.807, 2.05) is 27.7 Å². The Morgan fingerprint density at radius 2 is 1.90 bits per heavy atom. The minimum atomic E-state index is -0.348. The quantitative estimate of drug-likeness (QED) is 0.505. The van der Waals surface area contributed by atoms with Crippen LogP contribution in [-0.2, 0) is 20.8 Å². The highest BCUT2D eigenvalue weighted by Crippen LogP contribution is 2.25. The SMILES string of the molecule is CCOC(=O)c1c(C=CC(=O)NC(C)CCN2CCOCC2)c(C)n(CC)c1C. The zero-order valence-electron chi connectivity index (χ0n) is 18.4. The van der Waals surface area contributed by atoms with Crippen LogP contribution in [-0.4, -0.2) is 66.8 Å². The van der Waals surface area contributed by atoms with Crippen LogP contribution in [0.15, 0.2) is 6.08 Å². The van der Waals surface area contributed by atoms with Crippen molar-refractivity contribution >= 4 is 18.0 Å². The van der Waals surface area contributed by atoms with Crippen LogP contribution in [0.2, 0.25) is 0 Å². The van der Waals surface area contributed by atoms with Gasteiger partial charge in [-0.3, -0.25) is 9.69 Å². The van der Waals surface area contributed by atoms with E-state index in [0.29, 0.717) is 12.2 Å². The van der Waals surface area contributed by atoms with Crippen LogP contribution in [0.1, 0.15) is 54.5 Å². The van der Waals surface area contributed by atoms with Gasteiger partial charge in [-0.1, -0.05) is 0 Å². The van der Waals surface area contributed by atoms with E-state index in [-0.39, 0.29) is 17.9 Å². The molecule has 1 saturated heterocycles. The lowest BCUT2D eigenvalue weighted by Crippen LogP contribution is -2.40. The van der Waals surface area contributed by atoms with Gasteiger partial charge < -0.3 is 19.4 Å². The highest BCUT2D eigenvalue weighted by Gasteiger charge is 2.22. The second kappa shape index (κ2) is 11.2. The van der Waals surface area contributed by atoms with Crippen LogP contribution in [0, 0.1) is 13.8 Å². The van der Waals surface area contributed by atoms with Gasteiger partial charge in [-0.15, -0.1) is 0 Å².